The van der Waals surface area contributed by atoms with Crippen LogP contribution >= 0.6 is 11.3 Å². The second kappa shape index (κ2) is 4.67. The van der Waals surface area contributed by atoms with Crippen LogP contribution in [0.15, 0.2) is 23.7 Å². The van der Waals surface area contributed by atoms with Crippen LogP contribution in [0.1, 0.15) is 10.5 Å². The third-order valence-electron chi connectivity index (χ3n) is 1.73. The summed E-state index contributed by atoms with van der Waals surface area (Å²) in [5.41, 5.74) is 0.219. The minimum Gasteiger partial charge on any atom is -0.480 e. The smallest absolute Gasteiger partial charge is 0.277 e. The number of anilines is 1. The van der Waals surface area contributed by atoms with E-state index in [-0.39, 0.29) is 11.6 Å². The highest BCUT2D eigenvalue weighted by Crippen LogP contribution is 2.12. The molecular weight excluding hydrogens is 228 g/mol. The number of amides is 1. The molecule has 6 nitrogen and oxygen atoms in total. The monoisotopic (exact) mass is 236 g/mol. The van der Waals surface area contributed by atoms with Crippen molar-refractivity contribution in [1.29, 1.82) is 0 Å². The zero-order valence-electron chi connectivity index (χ0n) is 8.38. The maximum atomic E-state index is 11.6. The number of nitrogens with zero attached hydrogens (tertiary/aromatic N) is 3. The molecule has 0 radical (unpaired) electrons. The number of rotatable bonds is 3. The Bertz CT molecular complexity index is 469. The lowest BCUT2D eigenvalue weighted by Crippen LogP contribution is -2.14. The van der Waals surface area contributed by atoms with Crippen molar-refractivity contribution in [2.45, 2.75) is 0 Å². The zero-order chi connectivity index (χ0) is 11.4. The summed E-state index contributed by atoms with van der Waals surface area (Å²) in [6, 6.07) is 3.11. The van der Waals surface area contributed by atoms with Crippen LogP contribution in [-0.4, -0.2) is 28.2 Å². The molecule has 0 saturated carbocycles. The summed E-state index contributed by atoms with van der Waals surface area (Å²) in [4.78, 5) is 15.6. The van der Waals surface area contributed by atoms with Gasteiger partial charge in [-0.15, -0.1) is 21.5 Å². The van der Waals surface area contributed by atoms with Crippen molar-refractivity contribution in [2.75, 3.05) is 12.4 Å². The van der Waals surface area contributed by atoms with E-state index in [4.69, 9.17) is 4.74 Å². The van der Waals surface area contributed by atoms with Gasteiger partial charge in [0.2, 0.25) is 5.88 Å². The summed E-state index contributed by atoms with van der Waals surface area (Å²) in [6.07, 6.45) is 1.61. The molecule has 2 aromatic heterocycles. The highest BCUT2D eigenvalue weighted by molar-refractivity contribution is 7.13. The fourth-order valence-electron chi connectivity index (χ4n) is 0.996. The van der Waals surface area contributed by atoms with Gasteiger partial charge in [-0.3, -0.25) is 10.1 Å². The summed E-state index contributed by atoms with van der Waals surface area (Å²) in [6.45, 7) is 0. The first-order valence-corrected chi connectivity index (χ1v) is 5.26. The summed E-state index contributed by atoms with van der Waals surface area (Å²) in [7, 11) is 1.49. The van der Waals surface area contributed by atoms with E-state index in [0.29, 0.717) is 11.0 Å². The molecule has 16 heavy (non-hydrogen) atoms. The van der Waals surface area contributed by atoms with Crippen molar-refractivity contribution in [1.82, 2.24) is 15.2 Å². The van der Waals surface area contributed by atoms with Gasteiger partial charge in [-0.2, -0.15) is 0 Å². The second-order valence-electron chi connectivity index (χ2n) is 2.75. The van der Waals surface area contributed by atoms with E-state index in [9.17, 15) is 4.79 Å². The summed E-state index contributed by atoms with van der Waals surface area (Å²) >= 11 is 1.34. The SMILES string of the molecule is COc1ccc(C(=O)Nc2nccs2)nn1. The molecule has 0 aliphatic heterocycles. The van der Waals surface area contributed by atoms with Gasteiger partial charge in [0.1, 0.15) is 0 Å². The number of hydrogen-bond acceptors (Lipinski definition) is 6. The van der Waals surface area contributed by atoms with Crippen LogP contribution in [0, 0.1) is 0 Å². The maximum Gasteiger partial charge on any atom is 0.277 e. The zero-order valence-corrected chi connectivity index (χ0v) is 9.19. The molecule has 82 valence electrons. The van der Waals surface area contributed by atoms with Crippen molar-refractivity contribution in [3.63, 3.8) is 0 Å². The minimum absolute atomic E-state index is 0.219. The Morgan fingerprint density at radius 1 is 1.44 bits per heavy atom. The van der Waals surface area contributed by atoms with Gasteiger partial charge in [-0.1, -0.05) is 0 Å². The molecule has 0 spiro atoms. The Kier molecular flexibility index (Phi) is 3.06. The van der Waals surface area contributed by atoms with Crippen LogP contribution < -0.4 is 10.1 Å². The minimum atomic E-state index is -0.342. The van der Waals surface area contributed by atoms with E-state index < -0.39 is 0 Å². The predicted molar refractivity (Wildman–Crippen MR) is 58.7 cm³/mol. The largest absolute Gasteiger partial charge is 0.480 e. The molecule has 0 saturated heterocycles. The highest BCUT2D eigenvalue weighted by atomic mass is 32.1. The molecule has 1 amide bonds. The summed E-state index contributed by atoms with van der Waals surface area (Å²) < 4.78 is 4.84. The van der Waals surface area contributed by atoms with Crippen LogP contribution in [0.2, 0.25) is 0 Å². The van der Waals surface area contributed by atoms with Gasteiger partial charge in [0, 0.05) is 17.6 Å². The van der Waals surface area contributed by atoms with Crippen LogP contribution in [0.25, 0.3) is 0 Å². The Labute approximate surface area is 95.3 Å². The molecule has 0 atom stereocenters. The average Bonchev–Trinajstić information content (AvgIpc) is 2.82. The Hall–Kier alpha value is -2.02. The van der Waals surface area contributed by atoms with Crippen molar-refractivity contribution < 1.29 is 9.53 Å². The molecule has 0 aliphatic rings. The number of aromatic nitrogens is 3. The van der Waals surface area contributed by atoms with E-state index in [1.807, 2.05) is 0 Å². The molecule has 0 bridgehead atoms. The van der Waals surface area contributed by atoms with Crippen LogP contribution in [0.3, 0.4) is 0 Å². The van der Waals surface area contributed by atoms with E-state index in [0.717, 1.165) is 0 Å². The van der Waals surface area contributed by atoms with Crippen molar-refractivity contribution >= 4 is 22.4 Å². The first-order chi connectivity index (χ1) is 7.79. The van der Waals surface area contributed by atoms with E-state index in [1.165, 1.54) is 24.5 Å². The first kappa shape index (κ1) is 10.5. The molecule has 2 aromatic rings. The van der Waals surface area contributed by atoms with Gasteiger partial charge >= 0.3 is 0 Å². The third kappa shape index (κ3) is 2.31. The van der Waals surface area contributed by atoms with Gasteiger partial charge in [0.25, 0.3) is 5.91 Å². The molecule has 2 rings (SSSR count). The second-order valence-corrected chi connectivity index (χ2v) is 3.65. The topological polar surface area (TPSA) is 77.0 Å². The number of carbonyl (C=O) groups is 1. The Morgan fingerprint density at radius 2 is 2.31 bits per heavy atom. The van der Waals surface area contributed by atoms with Gasteiger partial charge in [0.05, 0.1) is 7.11 Å². The van der Waals surface area contributed by atoms with Gasteiger partial charge < -0.3 is 4.74 Å². The molecule has 0 fully saturated rings. The summed E-state index contributed by atoms with van der Waals surface area (Å²) in [5, 5.41) is 12.3. The lowest BCUT2D eigenvalue weighted by Gasteiger charge is -2.00. The fourth-order valence-corrected chi connectivity index (χ4v) is 1.52. The fraction of sp³-hybridized carbons (Fsp3) is 0.111. The van der Waals surface area contributed by atoms with Crippen LogP contribution in [0.4, 0.5) is 5.13 Å². The van der Waals surface area contributed by atoms with Gasteiger partial charge in [-0.05, 0) is 6.07 Å². The molecule has 2 heterocycles. The molecule has 0 aromatic carbocycles. The standard InChI is InChI=1S/C9H8N4O2S/c1-15-7-3-2-6(12-13-7)8(14)11-9-10-4-5-16-9/h2-5H,1H3,(H,10,11,14). The van der Waals surface area contributed by atoms with E-state index in [2.05, 4.69) is 20.5 Å². The molecular formula is C9H8N4O2S. The third-order valence-corrected chi connectivity index (χ3v) is 2.42. The number of ether oxygens (including phenoxy) is 1. The Morgan fingerprint density at radius 3 is 2.88 bits per heavy atom. The number of nitrogens with one attached hydrogen (secondary N) is 1. The number of carbonyl (C=O) groups excluding carboxylic acids is 1. The molecule has 0 aliphatic carbocycles. The Balaban J connectivity index is 2.09. The van der Waals surface area contributed by atoms with Crippen molar-refractivity contribution in [2.24, 2.45) is 0 Å². The molecule has 7 heteroatoms. The normalized spacial score (nSPS) is 9.81. The van der Waals surface area contributed by atoms with E-state index in [1.54, 1.807) is 17.6 Å². The van der Waals surface area contributed by atoms with Gasteiger partial charge in [-0.25, -0.2) is 4.98 Å². The molecule has 0 unspecified atom stereocenters. The van der Waals surface area contributed by atoms with Crippen LogP contribution in [0.5, 0.6) is 5.88 Å². The van der Waals surface area contributed by atoms with E-state index >= 15 is 0 Å². The van der Waals surface area contributed by atoms with Crippen LogP contribution in [-0.2, 0) is 0 Å². The predicted octanol–water partition coefficient (Wildman–Crippen LogP) is 1.19. The summed E-state index contributed by atoms with van der Waals surface area (Å²) in [5.74, 6) is 0.0240. The number of hydrogen-bond donors (Lipinski definition) is 1. The number of methoxy groups -OCH3 is 1. The molecule has 1 N–H and O–H groups in total. The highest BCUT2D eigenvalue weighted by Gasteiger charge is 2.09. The maximum absolute atomic E-state index is 11.6. The number of thiazole rings is 1. The lowest BCUT2D eigenvalue weighted by molar-refractivity contribution is 0.102. The van der Waals surface area contributed by atoms with Crippen molar-refractivity contribution in [3.8, 4) is 5.88 Å². The quantitative estimate of drug-likeness (QED) is 0.866. The first-order valence-electron chi connectivity index (χ1n) is 4.38. The lowest BCUT2D eigenvalue weighted by atomic mass is 10.4. The van der Waals surface area contributed by atoms with Gasteiger partial charge in [0.15, 0.2) is 10.8 Å². The average molecular weight is 236 g/mol. The van der Waals surface area contributed by atoms with Crippen molar-refractivity contribution in [3.05, 3.63) is 29.4 Å².